The van der Waals surface area contributed by atoms with Gasteiger partial charge in [-0.15, -0.1) is 0 Å². The van der Waals surface area contributed by atoms with Crippen molar-refractivity contribution in [3.05, 3.63) is 48.1 Å². The Labute approximate surface area is 214 Å². The van der Waals surface area contributed by atoms with Crippen LogP contribution in [0, 0.1) is 5.92 Å². The first-order valence-corrected chi connectivity index (χ1v) is 12.6. The molecule has 8 nitrogen and oxygen atoms in total. The molecule has 1 amide bonds. The van der Waals surface area contributed by atoms with Gasteiger partial charge in [0.2, 0.25) is 5.91 Å². The molecule has 2 aliphatic rings. The van der Waals surface area contributed by atoms with E-state index in [9.17, 15) is 14.4 Å². The topological polar surface area (TPSA) is 111 Å². The molecule has 2 aliphatic heterocycles. The number of carbonyl (C=O) groups is 3. The van der Waals surface area contributed by atoms with Crippen molar-refractivity contribution >= 4 is 17.8 Å². The van der Waals surface area contributed by atoms with Crippen molar-refractivity contribution in [1.29, 1.82) is 0 Å². The molecule has 36 heavy (non-hydrogen) atoms. The van der Waals surface area contributed by atoms with Crippen LogP contribution < -0.4 is 5.32 Å². The Hall–Kier alpha value is -2.71. The fourth-order valence-corrected chi connectivity index (χ4v) is 4.56. The third kappa shape index (κ3) is 10.5. The highest BCUT2D eigenvalue weighted by Crippen LogP contribution is 2.29. The van der Waals surface area contributed by atoms with Gasteiger partial charge in [0, 0.05) is 13.0 Å². The van der Waals surface area contributed by atoms with Crippen LogP contribution in [0.2, 0.25) is 0 Å². The van der Waals surface area contributed by atoms with Crippen molar-refractivity contribution in [2.75, 3.05) is 0 Å². The maximum absolute atomic E-state index is 12.3. The number of carboxylic acid groups (broad SMARTS) is 1. The van der Waals surface area contributed by atoms with Gasteiger partial charge in [0.25, 0.3) is 0 Å². The van der Waals surface area contributed by atoms with Crippen molar-refractivity contribution in [3.63, 3.8) is 0 Å². The van der Waals surface area contributed by atoms with Gasteiger partial charge in [-0.25, -0.2) is 0 Å². The molecule has 0 aromatic carbocycles. The first-order chi connectivity index (χ1) is 16.9. The van der Waals surface area contributed by atoms with E-state index in [0.717, 1.165) is 24.0 Å². The van der Waals surface area contributed by atoms with Crippen LogP contribution in [0.3, 0.4) is 0 Å². The third-order valence-corrected chi connectivity index (χ3v) is 6.44. The van der Waals surface area contributed by atoms with Gasteiger partial charge >= 0.3 is 11.9 Å². The number of esters is 1. The van der Waals surface area contributed by atoms with Gasteiger partial charge < -0.3 is 24.6 Å². The molecule has 7 atom stereocenters. The predicted octanol–water partition coefficient (Wildman–Crippen LogP) is 4.26. The predicted molar refractivity (Wildman–Crippen MR) is 137 cm³/mol. The zero-order valence-electron chi connectivity index (χ0n) is 22.1. The van der Waals surface area contributed by atoms with Gasteiger partial charge in [-0.05, 0) is 58.4 Å². The molecule has 7 unspecified atom stereocenters. The minimum atomic E-state index is -0.864. The monoisotopic (exact) mass is 503 g/mol. The van der Waals surface area contributed by atoms with Gasteiger partial charge in [0.1, 0.15) is 6.10 Å². The number of nitrogens with one attached hydrogen (secondary N) is 1. The van der Waals surface area contributed by atoms with Crippen LogP contribution in [-0.2, 0) is 28.6 Å². The van der Waals surface area contributed by atoms with Crippen LogP contribution in [0.5, 0.6) is 0 Å². The smallest absolute Gasteiger partial charge is 0.305 e. The van der Waals surface area contributed by atoms with Crippen molar-refractivity contribution in [2.24, 2.45) is 5.92 Å². The summed E-state index contributed by atoms with van der Waals surface area (Å²) in [7, 11) is 0. The minimum absolute atomic E-state index is 0.0155. The van der Waals surface area contributed by atoms with Gasteiger partial charge in [-0.1, -0.05) is 42.9 Å². The van der Waals surface area contributed by atoms with E-state index in [-0.39, 0.29) is 54.7 Å². The summed E-state index contributed by atoms with van der Waals surface area (Å²) in [6.07, 6.45) is 10.8. The summed E-state index contributed by atoms with van der Waals surface area (Å²) in [5.74, 6) is -1.24. The molecular weight excluding hydrogens is 462 g/mol. The normalized spacial score (nSPS) is 30.4. The molecule has 2 rings (SSSR count). The number of aliphatic carboxylic acids is 1. The van der Waals surface area contributed by atoms with Crippen molar-refractivity contribution < 1.29 is 33.7 Å². The fourth-order valence-electron chi connectivity index (χ4n) is 4.56. The Morgan fingerprint density at radius 2 is 1.92 bits per heavy atom. The second kappa shape index (κ2) is 14.1. The third-order valence-electron chi connectivity index (χ3n) is 6.44. The SMILES string of the molecule is C=C1CC(C=CC(C)=CCC2OC(C)C(NC(=O)C=CC(C)OC(C)=O)CC2C)OC(CC(=O)O)C1. The summed E-state index contributed by atoms with van der Waals surface area (Å²) >= 11 is 0. The lowest BCUT2D eigenvalue weighted by Gasteiger charge is -2.39. The Morgan fingerprint density at radius 3 is 2.58 bits per heavy atom. The van der Waals surface area contributed by atoms with Crippen LogP contribution in [0.4, 0.5) is 0 Å². The first-order valence-electron chi connectivity index (χ1n) is 12.6. The largest absolute Gasteiger partial charge is 0.481 e. The lowest BCUT2D eigenvalue weighted by molar-refractivity contribution is -0.143. The Bertz CT molecular complexity index is 888. The number of allylic oxidation sites excluding steroid dienone is 2. The quantitative estimate of drug-likeness (QED) is 0.198. The van der Waals surface area contributed by atoms with Crippen LogP contribution in [0.15, 0.2) is 48.1 Å². The molecule has 0 aliphatic carbocycles. The van der Waals surface area contributed by atoms with Crippen LogP contribution in [0.25, 0.3) is 0 Å². The summed E-state index contributed by atoms with van der Waals surface area (Å²) in [6.45, 7) is 13.2. The molecule has 0 bridgehead atoms. The lowest BCUT2D eigenvalue weighted by atomic mass is 9.88. The second-order valence-corrected chi connectivity index (χ2v) is 9.98. The maximum Gasteiger partial charge on any atom is 0.305 e. The Balaban J connectivity index is 1.84. The zero-order valence-corrected chi connectivity index (χ0v) is 22.1. The summed E-state index contributed by atoms with van der Waals surface area (Å²) < 4.78 is 17.1. The summed E-state index contributed by atoms with van der Waals surface area (Å²) in [5, 5.41) is 12.0. The van der Waals surface area contributed by atoms with Crippen LogP contribution in [-0.4, -0.2) is 59.5 Å². The summed E-state index contributed by atoms with van der Waals surface area (Å²) in [6, 6.07) is -0.0994. The van der Waals surface area contributed by atoms with Crippen LogP contribution >= 0.6 is 0 Å². The molecule has 2 fully saturated rings. The molecule has 0 aromatic rings. The molecule has 2 saturated heterocycles. The van der Waals surface area contributed by atoms with Crippen molar-refractivity contribution in [1.82, 2.24) is 5.32 Å². The number of ether oxygens (including phenoxy) is 3. The number of hydrogen-bond acceptors (Lipinski definition) is 6. The Morgan fingerprint density at radius 1 is 1.19 bits per heavy atom. The van der Waals surface area contributed by atoms with E-state index in [1.165, 1.54) is 13.0 Å². The van der Waals surface area contributed by atoms with E-state index in [0.29, 0.717) is 12.8 Å². The number of amides is 1. The van der Waals surface area contributed by atoms with Gasteiger partial charge in [-0.3, -0.25) is 14.4 Å². The number of rotatable bonds is 10. The number of carbonyl (C=O) groups excluding carboxylic acids is 2. The van der Waals surface area contributed by atoms with Crippen molar-refractivity contribution in [3.8, 4) is 0 Å². The van der Waals surface area contributed by atoms with E-state index in [1.54, 1.807) is 13.0 Å². The maximum atomic E-state index is 12.3. The van der Waals surface area contributed by atoms with E-state index >= 15 is 0 Å². The van der Waals surface area contributed by atoms with Gasteiger partial charge in [-0.2, -0.15) is 0 Å². The summed E-state index contributed by atoms with van der Waals surface area (Å²) in [4.78, 5) is 34.3. The average Bonchev–Trinajstić information content (AvgIpc) is 2.76. The molecule has 2 N–H and O–H groups in total. The molecule has 0 aromatic heterocycles. The van der Waals surface area contributed by atoms with E-state index in [1.807, 2.05) is 26.0 Å². The van der Waals surface area contributed by atoms with E-state index < -0.39 is 12.1 Å². The highest BCUT2D eigenvalue weighted by atomic mass is 16.5. The minimum Gasteiger partial charge on any atom is -0.481 e. The molecule has 0 radical (unpaired) electrons. The molecule has 0 saturated carbocycles. The van der Waals surface area contributed by atoms with Gasteiger partial charge in [0.15, 0.2) is 0 Å². The zero-order chi connectivity index (χ0) is 26.8. The molecule has 0 spiro atoms. The van der Waals surface area contributed by atoms with Crippen LogP contribution in [0.1, 0.15) is 66.7 Å². The first kappa shape index (κ1) is 29.5. The second-order valence-electron chi connectivity index (χ2n) is 9.98. The van der Waals surface area contributed by atoms with Crippen molar-refractivity contribution in [2.45, 2.75) is 103 Å². The molecule has 2 heterocycles. The van der Waals surface area contributed by atoms with Gasteiger partial charge in [0.05, 0.1) is 36.9 Å². The Kier molecular flexibility index (Phi) is 11.6. The standard InChI is InChI=1S/C28H41NO7/c1-17(7-10-23-13-18(2)14-24(36-23)16-28(32)33)8-11-26-19(3)15-25(21(5)35-26)29-27(31)12-9-20(4)34-22(6)30/h7-10,12,19-21,23-26H,2,11,13-16H2,1,3-6H3,(H,29,31)(H,32,33). The fraction of sp³-hybridized carbons (Fsp3) is 0.607. The number of hydrogen-bond donors (Lipinski definition) is 2. The molecule has 200 valence electrons. The average molecular weight is 504 g/mol. The lowest BCUT2D eigenvalue weighted by Crippen LogP contribution is -2.50. The molecule has 8 heteroatoms. The van der Waals surface area contributed by atoms with E-state index in [2.05, 4.69) is 24.9 Å². The molecular formula is C28H41NO7. The van der Waals surface area contributed by atoms with E-state index in [4.69, 9.17) is 19.3 Å². The highest BCUT2D eigenvalue weighted by molar-refractivity contribution is 5.87. The number of carboxylic acids is 1. The summed E-state index contributed by atoms with van der Waals surface area (Å²) in [5.41, 5.74) is 2.09. The highest BCUT2D eigenvalue weighted by Gasteiger charge is 2.33.